The summed E-state index contributed by atoms with van der Waals surface area (Å²) in [5.74, 6) is 3.37. The Kier molecular flexibility index (Phi) is 6.41. The van der Waals surface area contributed by atoms with Crippen molar-refractivity contribution in [1.29, 1.82) is 0 Å². The lowest BCUT2D eigenvalue weighted by Gasteiger charge is -2.12. The number of aromatic nitrogens is 1. The molecule has 0 bridgehead atoms. The fourth-order valence-corrected chi connectivity index (χ4v) is 6.43. The van der Waals surface area contributed by atoms with E-state index in [2.05, 4.69) is 16.8 Å². The van der Waals surface area contributed by atoms with Gasteiger partial charge in [-0.1, -0.05) is 41.7 Å². The quantitative estimate of drug-likeness (QED) is 0.384. The van der Waals surface area contributed by atoms with Gasteiger partial charge in [0.2, 0.25) is 0 Å². The van der Waals surface area contributed by atoms with Crippen LogP contribution in [-0.2, 0) is 21.1 Å². The Labute approximate surface area is 197 Å². The molecule has 168 valence electrons. The van der Waals surface area contributed by atoms with Gasteiger partial charge < -0.3 is 10.1 Å². The minimum Gasteiger partial charge on any atom is -0.481 e. The first-order valence-electron chi connectivity index (χ1n) is 10.4. The number of aryl methyl sites for hydroxylation is 2. The Morgan fingerprint density at radius 3 is 2.48 bits per heavy atom. The third kappa shape index (κ3) is 5.36. The number of benzene rings is 2. The lowest BCUT2D eigenvalue weighted by molar-refractivity contribution is -0.140. The van der Waals surface area contributed by atoms with Gasteiger partial charge in [0, 0.05) is 22.7 Å². The van der Waals surface area contributed by atoms with E-state index in [1.54, 1.807) is 12.3 Å². The van der Waals surface area contributed by atoms with Crippen molar-refractivity contribution >= 4 is 38.0 Å². The van der Waals surface area contributed by atoms with Crippen LogP contribution in [-0.4, -0.2) is 30.2 Å². The van der Waals surface area contributed by atoms with E-state index in [-0.39, 0.29) is 10.6 Å². The van der Waals surface area contributed by atoms with Crippen molar-refractivity contribution in [2.75, 3.05) is 5.75 Å². The fourth-order valence-electron chi connectivity index (χ4n) is 3.62. The summed E-state index contributed by atoms with van der Waals surface area (Å²) in [6.07, 6.45) is 1.89. The van der Waals surface area contributed by atoms with Crippen molar-refractivity contribution in [1.82, 2.24) is 4.98 Å². The number of hydrogen-bond acceptors (Lipinski definition) is 4. The van der Waals surface area contributed by atoms with Crippen LogP contribution in [0.15, 0.2) is 65.0 Å². The summed E-state index contributed by atoms with van der Waals surface area (Å²) in [4.78, 5) is 15.7. The summed E-state index contributed by atoms with van der Waals surface area (Å²) < 4.78 is 26.1. The Bertz CT molecular complexity index is 1480. The third-order valence-electron chi connectivity index (χ3n) is 5.43. The first kappa shape index (κ1) is 22.8. The van der Waals surface area contributed by atoms with Crippen LogP contribution in [0.1, 0.15) is 27.1 Å². The van der Waals surface area contributed by atoms with Gasteiger partial charge in [0.15, 0.2) is 9.84 Å². The Morgan fingerprint density at radius 1 is 1.03 bits per heavy atom. The standard InChI is InChI=1S/C26H23NO4S2/c1-17-3-6-19(7-4-17)8-9-22-10-12-25(32-22)33(30,31)16-21(26(28)29)14-20-15-27-24-13-18(2)5-11-23(20)24/h3-7,10-13,15,21,27H,14,16H2,1-2H3,(H,28,29)/t21-/m1/s1. The maximum Gasteiger partial charge on any atom is 0.307 e. The van der Waals surface area contributed by atoms with E-state index in [1.165, 1.54) is 6.07 Å². The summed E-state index contributed by atoms with van der Waals surface area (Å²) in [5.41, 5.74) is 4.78. The van der Waals surface area contributed by atoms with E-state index >= 15 is 0 Å². The normalized spacial score (nSPS) is 12.3. The first-order chi connectivity index (χ1) is 15.7. The van der Waals surface area contributed by atoms with Crippen LogP contribution in [0.4, 0.5) is 0 Å². The highest BCUT2D eigenvalue weighted by Crippen LogP contribution is 2.27. The van der Waals surface area contributed by atoms with Crippen LogP contribution >= 0.6 is 11.3 Å². The van der Waals surface area contributed by atoms with Crippen molar-refractivity contribution in [2.24, 2.45) is 5.92 Å². The SMILES string of the molecule is Cc1ccc(C#Cc2ccc(S(=O)(=O)C[C@@H](Cc3c[nH]c4cc(C)ccc34)C(=O)O)s2)cc1. The van der Waals surface area contributed by atoms with Gasteiger partial charge in [0.05, 0.1) is 16.5 Å². The number of carboxylic acid groups (broad SMARTS) is 1. The number of fused-ring (bicyclic) bond motifs is 1. The van der Waals surface area contributed by atoms with Crippen molar-refractivity contribution in [3.05, 3.63) is 87.9 Å². The number of sulfone groups is 1. The first-order valence-corrected chi connectivity index (χ1v) is 12.9. The van der Waals surface area contributed by atoms with Crippen LogP contribution in [0.3, 0.4) is 0 Å². The molecule has 2 heterocycles. The molecule has 4 aromatic rings. The number of carboxylic acids is 1. The number of nitrogens with one attached hydrogen (secondary N) is 1. The average Bonchev–Trinajstić information content (AvgIpc) is 3.40. The number of carbonyl (C=O) groups is 1. The molecular formula is C26H23NO4S2. The fraction of sp³-hybridized carbons (Fsp3) is 0.192. The van der Waals surface area contributed by atoms with E-state index in [0.717, 1.165) is 44.5 Å². The molecule has 0 unspecified atom stereocenters. The molecule has 5 nitrogen and oxygen atoms in total. The van der Waals surface area contributed by atoms with Gasteiger partial charge in [0.25, 0.3) is 0 Å². The zero-order valence-electron chi connectivity index (χ0n) is 18.3. The van der Waals surface area contributed by atoms with Crippen LogP contribution in [0, 0.1) is 31.6 Å². The number of hydrogen-bond donors (Lipinski definition) is 2. The number of H-pyrrole nitrogens is 1. The minimum atomic E-state index is -3.78. The zero-order chi connectivity index (χ0) is 23.6. The zero-order valence-corrected chi connectivity index (χ0v) is 19.9. The van der Waals surface area contributed by atoms with E-state index in [1.807, 2.05) is 56.3 Å². The molecule has 2 aromatic carbocycles. The summed E-state index contributed by atoms with van der Waals surface area (Å²) in [5, 5.41) is 10.7. The smallest absolute Gasteiger partial charge is 0.307 e. The maximum absolute atomic E-state index is 13.0. The van der Waals surface area contributed by atoms with Crippen LogP contribution < -0.4 is 0 Å². The Balaban J connectivity index is 1.52. The monoisotopic (exact) mass is 477 g/mol. The summed E-state index contributed by atoms with van der Waals surface area (Å²) in [6.45, 7) is 3.98. The molecule has 0 spiro atoms. The van der Waals surface area contributed by atoms with Gasteiger partial charge >= 0.3 is 5.97 Å². The van der Waals surface area contributed by atoms with Gasteiger partial charge in [-0.3, -0.25) is 4.79 Å². The number of rotatable bonds is 6. The second-order valence-corrected chi connectivity index (χ2v) is 11.5. The highest BCUT2D eigenvalue weighted by atomic mass is 32.2. The van der Waals surface area contributed by atoms with E-state index in [9.17, 15) is 18.3 Å². The molecule has 33 heavy (non-hydrogen) atoms. The molecule has 0 aliphatic heterocycles. The molecule has 0 aliphatic carbocycles. The highest BCUT2D eigenvalue weighted by Gasteiger charge is 2.28. The van der Waals surface area contributed by atoms with E-state index in [4.69, 9.17) is 0 Å². The number of thiophene rings is 1. The second-order valence-electron chi connectivity index (χ2n) is 8.12. The molecule has 0 aliphatic rings. The molecule has 4 rings (SSSR count). The Hall–Kier alpha value is -3.34. The Morgan fingerprint density at radius 2 is 1.76 bits per heavy atom. The average molecular weight is 478 g/mol. The molecule has 2 aromatic heterocycles. The van der Waals surface area contributed by atoms with Crippen LogP contribution in [0.25, 0.3) is 10.9 Å². The summed E-state index contributed by atoms with van der Waals surface area (Å²) >= 11 is 1.07. The molecule has 7 heteroatoms. The van der Waals surface area contributed by atoms with Crippen molar-refractivity contribution in [3.8, 4) is 11.8 Å². The van der Waals surface area contributed by atoms with Crippen molar-refractivity contribution in [2.45, 2.75) is 24.5 Å². The summed E-state index contributed by atoms with van der Waals surface area (Å²) in [7, 11) is -3.78. The minimum absolute atomic E-state index is 0.128. The molecular weight excluding hydrogens is 454 g/mol. The van der Waals surface area contributed by atoms with Gasteiger partial charge in [-0.15, -0.1) is 11.3 Å². The largest absolute Gasteiger partial charge is 0.481 e. The van der Waals surface area contributed by atoms with E-state index < -0.39 is 27.5 Å². The van der Waals surface area contributed by atoms with Crippen LogP contribution in [0.5, 0.6) is 0 Å². The molecule has 2 N–H and O–H groups in total. The van der Waals surface area contributed by atoms with Gasteiger partial charge in [-0.2, -0.15) is 0 Å². The second kappa shape index (κ2) is 9.26. The predicted molar refractivity (Wildman–Crippen MR) is 131 cm³/mol. The molecule has 1 atom stereocenters. The number of aromatic amines is 1. The predicted octanol–water partition coefficient (Wildman–Crippen LogP) is 4.96. The van der Waals surface area contributed by atoms with Gasteiger partial charge in [-0.25, -0.2) is 8.42 Å². The van der Waals surface area contributed by atoms with Crippen LogP contribution in [0.2, 0.25) is 0 Å². The molecule has 0 radical (unpaired) electrons. The van der Waals surface area contributed by atoms with Crippen molar-refractivity contribution < 1.29 is 18.3 Å². The molecule has 0 saturated carbocycles. The maximum atomic E-state index is 13.0. The molecule has 0 saturated heterocycles. The lowest BCUT2D eigenvalue weighted by Crippen LogP contribution is -2.25. The molecule has 0 amide bonds. The highest BCUT2D eigenvalue weighted by molar-refractivity contribution is 7.93. The molecule has 0 fully saturated rings. The van der Waals surface area contributed by atoms with Gasteiger partial charge in [0.1, 0.15) is 4.21 Å². The third-order valence-corrected chi connectivity index (χ3v) is 8.83. The lowest BCUT2D eigenvalue weighted by atomic mass is 10.0. The van der Waals surface area contributed by atoms with Gasteiger partial charge in [-0.05, 0) is 61.7 Å². The topological polar surface area (TPSA) is 87.2 Å². The number of aliphatic carboxylic acids is 1. The van der Waals surface area contributed by atoms with E-state index in [0.29, 0.717) is 4.88 Å². The summed E-state index contributed by atoms with van der Waals surface area (Å²) in [6, 6.07) is 16.8. The van der Waals surface area contributed by atoms with Crippen molar-refractivity contribution in [3.63, 3.8) is 0 Å².